The van der Waals surface area contributed by atoms with Crippen LogP contribution in [-0.4, -0.2) is 28.0 Å². The molecule has 0 atom stereocenters. The number of H-pyrrole nitrogens is 1. The van der Waals surface area contributed by atoms with Crippen LogP contribution in [0.4, 0.5) is 11.4 Å². The average Bonchev–Trinajstić information content (AvgIpc) is 3.34. The SMILES string of the molecule is CCN(CC)Cc1ccc(C=Cc2c(C)ncc(C#N)c2Nc2ccc3[nH]ccc3c2C)cc1. The Balaban J connectivity index is 1.65. The maximum atomic E-state index is 9.79. The number of nitriles is 1. The molecule has 4 rings (SSSR count). The molecule has 2 heterocycles. The summed E-state index contributed by atoms with van der Waals surface area (Å²) in [6, 6.07) is 17.1. The summed E-state index contributed by atoms with van der Waals surface area (Å²) < 4.78 is 0. The van der Waals surface area contributed by atoms with Crippen molar-refractivity contribution in [2.45, 2.75) is 34.2 Å². The lowest BCUT2D eigenvalue weighted by Crippen LogP contribution is -2.21. The highest BCUT2D eigenvalue weighted by atomic mass is 15.1. The van der Waals surface area contributed by atoms with Crippen molar-refractivity contribution in [3.8, 4) is 6.07 Å². The molecule has 0 amide bonds. The van der Waals surface area contributed by atoms with Gasteiger partial charge in [-0.25, -0.2) is 0 Å². The number of benzene rings is 2. The fraction of sp³-hybridized carbons (Fsp3) is 0.241. The summed E-state index contributed by atoms with van der Waals surface area (Å²) >= 11 is 0. The van der Waals surface area contributed by atoms with Gasteiger partial charge < -0.3 is 10.3 Å². The average molecular weight is 450 g/mol. The van der Waals surface area contributed by atoms with Crippen LogP contribution in [0.1, 0.15) is 47.4 Å². The van der Waals surface area contributed by atoms with Crippen LogP contribution in [0.5, 0.6) is 0 Å². The van der Waals surface area contributed by atoms with Gasteiger partial charge in [0.1, 0.15) is 6.07 Å². The lowest BCUT2D eigenvalue weighted by molar-refractivity contribution is 0.296. The summed E-state index contributed by atoms with van der Waals surface area (Å²) in [5, 5.41) is 14.5. The fourth-order valence-corrected chi connectivity index (χ4v) is 4.22. The van der Waals surface area contributed by atoms with E-state index in [4.69, 9.17) is 0 Å². The smallest absolute Gasteiger partial charge is 0.103 e. The molecule has 2 aromatic heterocycles. The van der Waals surface area contributed by atoms with Crippen LogP contribution < -0.4 is 5.32 Å². The second-order valence-electron chi connectivity index (χ2n) is 8.50. The molecule has 0 bridgehead atoms. The zero-order valence-electron chi connectivity index (χ0n) is 20.3. The number of aromatic nitrogens is 2. The summed E-state index contributed by atoms with van der Waals surface area (Å²) in [4.78, 5) is 10.1. The van der Waals surface area contributed by atoms with E-state index in [-0.39, 0.29) is 0 Å². The Morgan fingerprint density at radius 1 is 1.03 bits per heavy atom. The van der Waals surface area contributed by atoms with E-state index >= 15 is 0 Å². The van der Waals surface area contributed by atoms with Crippen molar-refractivity contribution in [2.75, 3.05) is 18.4 Å². The molecule has 0 saturated carbocycles. The molecule has 2 N–H and O–H groups in total. The van der Waals surface area contributed by atoms with E-state index in [9.17, 15) is 5.26 Å². The molecule has 0 unspecified atom stereocenters. The maximum absolute atomic E-state index is 9.79. The molecule has 0 saturated heterocycles. The molecule has 0 aliphatic rings. The van der Waals surface area contributed by atoms with Crippen LogP contribution in [0.25, 0.3) is 23.1 Å². The topological polar surface area (TPSA) is 67.7 Å². The Hall–Kier alpha value is -3.88. The molecule has 34 heavy (non-hydrogen) atoms. The second-order valence-corrected chi connectivity index (χ2v) is 8.50. The molecule has 0 radical (unpaired) electrons. The number of aryl methyl sites for hydroxylation is 2. The van der Waals surface area contributed by atoms with Gasteiger partial charge >= 0.3 is 0 Å². The van der Waals surface area contributed by atoms with E-state index in [0.29, 0.717) is 5.56 Å². The van der Waals surface area contributed by atoms with Crippen LogP contribution in [0.3, 0.4) is 0 Å². The molecule has 172 valence electrons. The van der Waals surface area contributed by atoms with E-state index in [0.717, 1.165) is 64.3 Å². The Bertz CT molecular complexity index is 1350. The molecule has 2 aromatic carbocycles. The predicted octanol–water partition coefficient (Wildman–Crippen LogP) is 6.81. The van der Waals surface area contributed by atoms with Gasteiger partial charge in [0.05, 0.1) is 11.3 Å². The number of fused-ring (bicyclic) bond motifs is 1. The first kappa shape index (κ1) is 23.3. The van der Waals surface area contributed by atoms with Crippen molar-refractivity contribution >= 4 is 34.4 Å². The molecule has 0 spiro atoms. The minimum atomic E-state index is 0.522. The molecule has 5 heteroatoms. The van der Waals surface area contributed by atoms with Crippen LogP contribution in [0.15, 0.2) is 54.9 Å². The number of aromatic amines is 1. The van der Waals surface area contributed by atoms with Gasteiger partial charge in [0.2, 0.25) is 0 Å². The molecular formula is C29H31N5. The summed E-state index contributed by atoms with van der Waals surface area (Å²) in [5.74, 6) is 0. The Morgan fingerprint density at radius 3 is 2.50 bits per heavy atom. The number of hydrogen-bond donors (Lipinski definition) is 2. The van der Waals surface area contributed by atoms with Gasteiger partial charge in [0.15, 0.2) is 0 Å². The van der Waals surface area contributed by atoms with Gasteiger partial charge in [0, 0.05) is 46.8 Å². The van der Waals surface area contributed by atoms with Crippen LogP contribution >= 0.6 is 0 Å². The van der Waals surface area contributed by atoms with Crippen molar-refractivity contribution in [1.82, 2.24) is 14.9 Å². The minimum Gasteiger partial charge on any atom is -0.361 e. The number of anilines is 2. The lowest BCUT2D eigenvalue weighted by atomic mass is 10.0. The molecule has 0 fully saturated rings. The van der Waals surface area contributed by atoms with Gasteiger partial charge in [-0.1, -0.05) is 50.3 Å². The first-order valence-electron chi connectivity index (χ1n) is 11.8. The van der Waals surface area contributed by atoms with Crippen LogP contribution in [-0.2, 0) is 6.54 Å². The molecule has 5 nitrogen and oxygen atoms in total. The predicted molar refractivity (Wildman–Crippen MR) is 142 cm³/mol. The van der Waals surface area contributed by atoms with E-state index < -0.39 is 0 Å². The first-order chi connectivity index (χ1) is 16.5. The quantitative estimate of drug-likeness (QED) is 0.310. The Kier molecular flexibility index (Phi) is 7.10. The Labute approximate surface area is 201 Å². The highest BCUT2D eigenvalue weighted by molar-refractivity contribution is 5.90. The zero-order chi connectivity index (χ0) is 24.1. The van der Waals surface area contributed by atoms with Crippen molar-refractivity contribution in [3.63, 3.8) is 0 Å². The maximum Gasteiger partial charge on any atom is 0.103 e. The number of pyridine rings is 1. The molecular weight excluding hydrogens is 418 g/mol. The van der Waals surface area contributed by atoms with Gasteiger partial charge in [-0.15, -0.1) is 0 Å². The highest BCUT2D eigenvalue weighted by Crippen LogP contribution is 2.32. The number of hydrogen-bond acceptors (Lipinski definition) is 4. The summed E-state index contributed by atoms with van der Waals surface area (Å²) in [5.41, 5.74) is 8.72. The number of nitrogens with one attached hydrogen (secondary N) is 2. The number of nitrogens with zero attached hydrogens (tertiary/aromatic N) is 3. The highest BCUT2D eigenvalue weighted by Gasteiger charge is 2.13. The van der Waals surface area contributed by atoms with E-state index in [1.165, 1.54) is 5.56 Å². The third kappa shape index (κ3) is 4.88. The van der Waals surface area contributed by atoms with Gasteiger partial charge in [-0.2, -0.15) is 5.26 Å². The Morgan fingerprint density at radius 2 is 1.79 bits per heavy atom. The van der Waals surface area contributed by atoms with Crippen LogP contribution in [0.2, 0.25) is 0 Å². The van der Waals surface area contributed by atoms with Crippen molar-refractivity contribution in [1.29, 1.82) is 5.26 Å². The zero-order valence-corrected chi connectivity index (χ0v) is 20.3. The second kappa shape index (κ2) is 10.4. The van der Waals surface area contributed by atoms with Gasteiger partial charge in [-0.05, 0) is 61.8 Å². The molecule has 0 aliphatic carbocycles. The monoisotopic (exact) mass is 449 g/mol. The minimum absolute atomic E-state index is 0.522. The van der Waals surface area contributed by atoms with Crippen molar-refractivity contribution in [3.05, 3.63) is 88.4 Å². The summed E-state index contributed by atoms with van der Waals surface area (Å²) in [6.07, 6.45) is 7.72. The van der Waals surface area contributed by atoms with E-state index in [1.54, 1.807) is 6.20 Å². The van der Waals surface area contributed by atoms with Gasteiger partial charge in [-0.3, -0.25) is 9.88 Å². The standard InChI is InChI=1S/C29H31N5/c1-5-34(6-2)19-23-9-7-22(8-10-23)11-12-26-21(4)32-18-24(17-30)29(26)33-27-13-14-28-25(20(27)3)15-16-31-28/h7-16,18,31H,5-6,19H2,1-4H3,(H,32,33). The third-order valence-electron chi connectivity index (χ3n) is 6.42. The largest absolute Gasteiger partial charge is 0.361 e. The molecule has 4 aromatic rings. The number of rotatable bonds is 8. The van der Waals surface area contributed by atoms with E-state index in [2.05, 4.69) is 95.6 Å². The molecule has 0 aliphatic heterocycles. The van der Waals surface area contributed by atoms with Crippen molar-refractivity contribution < 1.29 is 0 Å². The van der Waals surface area contributed by atoms with Crippen molar-refractivity contribution in [2.24, 2.45) is 0 Å². The van der Waals surface area contributed by atoms with E-state index in [1.807, 2.05) is 19.2 Å². The lowest BCUT2D eigenvalue weighted by Gasteiger charge is -2.18. The van der Waals surface area contributed by atoms with Gasteiger partial charge in [0.25, 0.3) is 0 Å². The summed E-state index contributed by atoms with van der Waals surface area (Å²) in [7, 11) is 0. The third-order valence-corrected chi connectivity index (χ3v) is 6.42. The fourth-order valence-electron chi connectivity index (χ4n) is 4.22. The summed E-state index contributed by atoms with van der Waals surface area (Å²) in [6.45, 7) is 11.5. The first-order valence-corrected chi connectivity index (χ1v) is 11.8. The van der Waals surface area contributed by atoms with Crippen LogP contribution in [0, 0.1) is 25.2 Å². The normalized spacial score (nSPS) is 11.4.